The van der Waals surface area contributed by atoms with E-state index in [-0.39, 0.29) is 5.91 Å². The number of pyridine rings is 1. The number of nitrogens with one attached hydrogen (secondary N) is 1. The third kappa shape index (κ3) is 3.43. The Morgan fingerprint density at radius 1 is 1.00 bits per heavy atom. The molecule has 0 aliphatic heterocycles. The first-order valence-electron chi connectivity index (χ1n) is 8.12. The number of para-hydroxylation sites is 1. The zero-order chi connectivity index (χ0) is 17.9. The fraction of sp³-hybridized carbons (Fsp3) is 0.0500. The van der Waals surface area contributed by atoms with Gasteiger partial charge in [-0.3, -0.25) is 4.79 Å². The number of hydrogen-bond acceptors (Lipinski definition) is 3. The lowest BCUT2D eigenvalue weighted by molar-refractivity contribution is 0.102. The summed E-state index contributed by atoms with van der Waals surface area (Å²) in [5.74, 6) is 0.341. The van der Waals surface area contributed by atoms with Crippen molar-refractivity contribution in [3.8, 4) is 0 Å². The van der Waals surface area contributed by atoms with E-state index in [4.69, 9.17) is 11.6 Å². The molecular formula is C20H15ClN4O. The average Bonchev–Trinajstić information content (AvgIpc) is 3.10. The molecule has 0 saturated carbocycles. The predicted molar refractivity (Wildman–Crippen MR) is 102 cm³/mol. The first-order chi connectivity index (χ1) is 12.7. The molecule has 5 nitrogen and oxygen atoms in total. The molecule has 2 heterocycles. The largest absolute Gasteiger partial charge is 0.305 e. The van der Waals surface area contributed by atoms with E-state index in [9.17, 15) is 4.79 Å². The minimum Gasteiger partial charge on any atom is -0.305 e. The monoisotopic (exact) mass is 362 g/mol. The van der Waals surface area contributed by atoms with Gasteiger partial charge in [0.1, 0.15) is 11.5 Å². The predicted octanol–water partition coefficient (Wildman–Crippen LogP) is 4.39. The fourth-order valence-corrected chi connectivity index (χ4v) is 2.83. The van der Waals surface area contributed by atoms with Crippen LogP contribution in [-0.2, 0) is 6.54 Å². The molecule has 0 unspecified atom stereocenters. The molecule has 0 aliphatic carbocycles. The van der Waals surface area contributed by atoms with E-state index in [1.54, 1.807) is 23.0 Å². The Hall–Kier alpha value is -3.18. The third-order valence-corrected chi connectivity index (χ3v) is 4.29. The summed E-state index contributed by atoms with van der Waals surface area (Å²) in [6, 6.07) is 20.6. The summed E-state index contributed by atoms with van der Waals surface area (Å²) in [5, 5.41) is 8.84. The Balaban J connectivity index is 1.54. The molecule has 0 bridgehead atoms. The van der Waals surface area contributed by atoms with Gasteiger partial charge in [-0.15, -0.1) is 0 Å². The highest BCUT2D eigenvalue weighted by Crippen LogP contribution is 2.16. The van der Waals surface area contributed by atoms with Crippen LogP contribution >= 0.6 is 11.6 Å². The first-order valence-corrected chi connectivity index (χ1v) is 8.50. The van der Waals surface area contributed by atoms with Gasteiger partial charge in [-0.05, 0) is 29.8 Å². The summed E-state index contributed by atoms with van der Waals surface area (Å²) in [4.78, 5) is 17.0. The minimum atomic E-state index is -0.270. The molecule has 0 fully saturated rings. The molecule has 0 radical (unpaired) electrons. The maximum atomic E-state index is 12.6. The second kappa shape index (κ2) is 6.98. The fourth-order valence-electron chi connectivity index (χ4n) is 2.70. The summed E-state index contributed by atoms with van der Waals surface area (Å²) in [6.07, 6.45) is 1.65. The minimum absolute atomic E-state index is 0.270. The van der Waals surface area contributed by atoms with Crippen LogP contribution < -0.4 is 5.32 Å². The molecule has 0 saturated heterocycles. The SMILES string of the molecule is O=C(Nc1ccnn1Cc1ccc(Cl)cc1)c1ccc2ccccc2n1. The number of hydrogen-bond donors (Lipinski definition) is 1. The quantitative estimate of drug-likeness (QED) is 0.586. The van der Waals surface area contributed by atoms with Crippen molar-refractivity contribution < 1.29 is 4.79 Å². The number of rotatable bonds is 4. The Morgan fingerprint density at radius 3 is 2.65 bits per heavy atom. The van der Waals surface area contributed by atoms with Gasteiger partial charge in [0.2, 0.25) is 0 Å². The molecule has 128 valence electrons. The molecule has 4 rings (SSSR count). The Bertz CT molecular complexity index is 1070. The number of anilines is 1. The van der Waals surface area contributed by atoms with Crippen molar-refractivity contribution in [3.05, 3.63) is 89.2 Å². The van der Waals surface area contributed by atoms with E-state index < -0.39 is 0 Å². The number of fused-ring (bicyclic) bond motifs is 1. The lowest BCUT2D eigenvalue weighted by Crippen LogP contribution is -2.17. The molecule has 0 atom stereocenters. The number of nitrogens with zero attached hydrogens (tertiary/aromatic N) is 3. The molecule has 6 heteroatoms. The molecule has 0 spiro atoms. The Kier molecular flexibility index (Phi) is 4.37. The molecule has 2 aromatic heterocycles. The third-order valence-electron chi connectivity index (χ3n) is 4.03. The number of aromatic nitrogens is 3. The Labute approximate surface area is 155 Å². The number of halogens is 1. The van der Waals surface area contributed by atoms with Crippen LogP contribution in [0.25, 0.3) is 10.9 Å². The van der Waals surface area contributed by atoms with Crippen LogP contribution in [0.3, 0.4) is 0 Å². The molecule has 2 aromatic carbocycles. The summed E-state index contributed by atoms with van der Waals surface area (Å²) in [7, 11) is 0. The molecule has 1 N–H and O–H groups in total. The summed E-state index contributed by atoms with van der Waals surface area (Å²) >= 11 is 5.92. The van der Waals surface area contributed by atoms with Gasteiger partial charge < -0.3 is 5.32 Å². The van der Waals surface area contributed by atoms with E-state index in [1.807, 2.05) is 54.6 Å². The lowest BCUT2D eigenvalue weighted by Gasteiger charge is -2.09. The van der Waals surface area contributed by atoms with Crippen LogP contribution in [0.1, 0.15) is 16.1 Å². The molecule has 26 heavy (non-hydrogen) atoms. The topological polar surface area (TPSA) is 59.8 Å². The summed E-state index contributed by atoms with van der Waals surface area (Å²) in [5.41, 5.74) is 2.19. The highest BCUT2D eigenvalue weighted by Gasteiger charge is 2.12. The van der Waals surface area contributed by atoms with E-state index in [0.29, 0.717) is 23.1 Å². The van der Waals surface area contributed by atoms with Crippen LogP contribution in [0.15, 0.2) is 72.9 Å². The number of carbonyl (C=O) groups is 1. The Morgan fingerprint density at radius 2 is 1.81 bits per heavy atom. The van der Waals surface area contributed by atoms with Crippen LogP contribution in [0.2, 0.25) is 5.02 Å². The zero-order valence-corrected chi connectivity index (χ0v) is 14.5. The van der Waals surface area contributed by atoms with Gasteiger partial charge in [-0.1, -0.05) is 48.0 Å². The number of amides is 1. The lowest BCUT2D eigenvalue weighted by atomic mass is 10.2. The van der Waals surface area contributed by atoms with Gasteiger partial charge in [0.15, 0.2) is 0 Å². The van der Waals surface area contributed by atoms with Crippen molar-refractivity contribution >= 4 is 34.2 Å². The van der Waals surface area contributed by atoms with E-state index in [1.165, 1.54) is 0 Å². The normalized spacial score (nSPS) is 10.8. The molecule has 4 aromatic rings. The second-order valence-electron chi connectivity index (χ2n) is 5.84. The number of carbonyl (C=O) groups excluding carboxylic acids is 1. The molecule has 1 amide bonds. The van der Waals surface area contributed by atoms with Crippen LogP contribution in [0.4, 0.5) is 5.82 Å². The van der Waals surface area contributed by atoms with Crippen molar-refractivity contribution in [2.75, 3.05) is 5.32 Å². The average molecular weight is 363 g/mol. The van der Waals surface area contributed by atoms with Crippen LogP contribution in [-0.4, -0.2) is 20.7 Å². The van der Waals surface area contributed by atoms with E-state index >= 15 is 0 Å². The highest BCUT2D eigenvalue weighted by molar-refractivity contribution is 6.30. The summed E-state index contributed by atoms with van der Waals surface area (Å²) in [6.45, 7) is 0.533. The van der Waals surface area contributed by atoms with E-state index in [2.05, 4.69) is 15.4 Å². The maximum Gasteiger partial charge on any atom is 0.275 e. The first kappa shape index (κ1) is 16.3. The van der Waals surface area contributed by atoms with Gasteiger partial charge >= 0.3 is 0 Å². The zero-order valence-electron chi connectivity index (χ0n) is 13.8. The molecular weight excluding hydrogens is 348 g/mol. The van der Waals surface area contributed by atoms with E-state index in [0.717, 1.165) is 16.5 Å². The summed E-state index contributed by atoms with van der Waals surface area (Å²) < 4.78 is 1.72. The smallest absolute Gasteiger partial charge is 0.275 e. The van der Waals surface area contributed by atoms with Crippen LogP contribution in [0, 0.1) is 0 Å². The number of benzene rings is 2. The van der Waals surface area contributed by atoms with Crippen molar-refractivity contribution in [1.82, 2.24) is 14.8 Å². The maximum absolute atomic E-state index is 12.6. The highest BCUT2D eigenvalue weighted by atomic mass is 35.5. The van der Waals surface area contributed by atoms with Gasteiger partial charge in [0.05, 0.1) is 18.3 Å². The molecule has 0 aliphatic rings. The van der Waals surface area contributed by atoms with Gasteiger partial charge in [-0.2, -0.15) is 5.10 Å². The van der Waals surface area contributed by atoms with Gasteiger partial charge in [0.25, 0.3) is 5.91 Å². The van der Waals surface area contributed by atoms with Crippen molar-refractivity contribution in [3.63, 3.8) is 0 Å². The van der Waals surface area contributed by atoms with Crippen molar-refractivity contribution in [1.29, 1.82) is 0 Å². The van der Waals surface area contributed by atoms with Gasteiger partial charge in [-0.25, -0.2) is 9.67 Å². The second-order valence-corrected chi connectivity index (χ2v) is 6.28. The standard InChI is InChI=1S/C20H15ClN4O/c21-16-8-5-14(6-9-16)13-25-19(11-12-22-25)24-20(26)18-10-7-15-3-1-2-4-17(15)23-18/h1-12H,13H2,(H,24,26). The van der Waals surface area contributed by atoms with Crippen molar-refractivity contribution in [2.45, 2.75) is 6.54 Å². The van der Waals surface area contributed by atoms with Crippen molar-refractivity contribution in [2.24, 2.45) is 0 Å². The van der Waals surface area contributed by atoms with Gasteiger partial charge in [0, 0.05) is 16.5 Å². The van der Waals surface area contributed by atoms with Crippen LogP contribution in [0.5, 0.6) is 0 Å².